The zero-order valence-corrected chi connectivity index (χ0v) is 10.9. The van der Waals surface area contributed by atoms with Crippen molar-refractivity contribution in [2.45, 2.75) is 20.3 Å². The van der Waals surface area contributed by atoms with Gasteiger partial charge >= 0.3 is 0 Å². The topological polar surface area (TPSA) is 20.3 Å². The van der Waals surface area contributed by atoms with Gasteiger partial charge in [-0.2, -0.15) is 0 Å². The molecule has 90 valence electrons. The SMILES string of the molecule is CC(=O)c1ccc(N2CC=C(C)CC2)c(Cl)c1. The lowest BCUT2D eigenvalue weighted by molar-refractivity contribution is 0.101. The van der Waals surface area contributed by atoms with Gasteiger partial charge in [-0.3, -0.25) is 4.79 Å². The maximum absolute atomic E-state index is 11.2. The molecule has 1 aromatic carbocycles. The largest absolute Gasteiger partial charge is 0.366 e. The molecule has 0 unspecified atom stereocenters. The first-order chi connectivity index (χ1) is 8.08. The third-order valence-electron chi connectivity index (χ3n) is 3.13. The second kappa shape index (κ2) is 4.92. The van der Waals surface area contributed by atoms with E-state index in [1.807, 2.05) is 12.1 Å². The number of rotatable bonds is 2. The number of Topliss-reactive ketones (excluding diaryl/α,β-unsaturated/α-hetero) is 1. The highest BCUT2D eigenvalue weighted by Gasteiger charge is 2.14. The molecule has 0 spiro atoms. The van der Waals surface area contributed by atoms with Gasteiger partial charge in [-0.15, -0.1) is 0 Å². The average Bonchev–Trinajstić information content (AvgIpc) is 2.30. The average molecular weight is 250 g/mol. The normalized spacial score (nSPS) is 15.7. The lowest BCUT2D eigenvalue weighted by Gasteiger charge is -2.28. The highest BCUT2D eigenvalue weighted by molar-refractivity contribution is 6.33. The quantitative estimate of drug-likeness (QED) is 0.588. The molecular weight excluding hydrogens is 234 g/mol. The van der Waals surface area contributed by atoms with Crippen molar-refractivity contribution in [3.63, 3.8) is 0 Å². The van der Waals surface area contributed by atoms with E-state index in [4.69, 9.17) is 11.6 Å². The molecule has 1 aromatic rings. The monoisotopic (exact) mass is 249 g/mol. The third kappa shape index (κ3) is 2.70. The van der Waals surface area contributed by atoms with Crippen molar-refractivity contribution in [3.8, 4) is 0 Å². The molecule has 1 heterocycles. The van der Waals surface area contributed by atoms with Crippen LogP contribution >= 0.6 is 11.6 Å². The molecule has 0 N–H and O–H groups in total. The van der Waals surface area contributed by atoms with Gasteiger partial charge in [0, 0.05) is 18.7 Å². The van der Waals surface area contributed by atoms with Crippen LogP contribution in [0.5, 0.6) is 0 Å². The van der Waals surface area contributed by atoms with Gasteiger partial charge in [-0.05, 0) is 38.5 Å². The van der Waals surface area contributed by atoms with E-state index in [9.17, 15) is 4.79 Å². The Hall–Kier alpha value is -1.28. The van der Waals surface area contributed by atoms with Crippen molar-refractivity contribution in [2.24, 2.45) is 0 Å². The van der Waals surface area contributed by atoms with E-state index < -0.39 is 0 Å². The van der Waals surface area contributed by atoms with Crippen LogP contribution in [0.3, 0.4) is 0 Å². The fraction of sp³-hybridized carbons (Fsp3) is 0.357. The lowest BCUT2D eigenvalue weighted by atomic mass is 10.1. The molecule has 1 aliphatic heterocycles. The Balaban J connectivity index is 2.25. The minimum absolute atomic E-state index is 0.0489. The number of nitrogens with zero attached hydrogens (tertiary/aromatic N) is 1. The summed E-state index contributed by atoms with van der Waals surface area (Å²) < 4.78 is 0. The summed E-state index contributed by atoms with van der Waals surface area (Å²) >= 11 is 6.23. The Labute approximate surface area is 107 Å². The first-order valence-corrected chi connectivity index (χ1v) is 6.17. The summed E-state index contributed by atoms with van der Waals surface area (Å²) in [6.45, 7) is 5.59. The van der Waals surface area contributed by atoms with E-state index in [1.54, 1.807) is 13.0 Å². The number of benzene rings is 1. The number of halogens is 1. The summed E-state index contributed by atoms with van der Waals surface area (Å²) in [5, 5.41) is 0.658. The van der Waals surface area contributed by atoms with E-state index in [0.29, 0.717) is 10.6 Å². The molecule has 0 atom stereocenters. The van der Waals surface area contributed by atoms with Crippen LogP contribution in [-0.2, 0) is 0 Å². The van der Waals surface area contributed by atoms with Crippen molar-refractivity contribution in [1.29, 1.82) is 0 Å². The van der Waals surface area contributed by atoms with Gasteiger partial charge in [0.2, 0.25) is 0 Å². The van der Waals surface area contributed by atoms with Crippen LogP contribution in [0.15, 0.2) is 29.8 Å². The second-order valence-corrected chi connectivity index (χ2v) is 4.88. The highest BCUT2D eigenvalue weighted by Crippen LogP contribution is 2.29. The molecule has 3 heteroatoms. The van der Waals surface area contributed by atoms with E-state index >= 15 is 0 Å². The molecule has 0 aliphatic carbocycles. The first kappa shape index (κ1) is 12.2. The van der Waals surface area contributed by atoms with Crippen LogP contribution in [0.2, 0.25) is 5.02 Å². The van der Waals surface area contributed by atoms with Crippen LogP contribution in [-0.4, -0.2) is 18.9 Å². The van der Waals surface area contributed by atoms with Crippen molar-refractivity contribution in [1.82, 2.24) is 0 Å². The van der Waals surface area contributed by atoms with Gasteiger partial charge in [0.05, 0.1) is 10.7 Å². The Morgan fingerprint density at radius 2 is 2.18 bits per heavy atom. The Bertz CT molecular complexity index is 479. The lowest BCUT2D eigenvalue weighted by Crippen LogP contribution is -2.28. The zero-order valence-electron chi connectivity index (χ0n) is 10.2. The number of hydrogen-bond acceptors (Lipinski definition) is 2. The first-order valence-electron chi connectivity index (χ1n) is 5.79. The summed E-state index contributed by atoms with van der Waals surface area (Å²) in [7, 11) is 0. The van der Waals surface area contributed by atoms with Crippen LogP contribution in [0.4, 0.5) is 5.69 Å². The molecule has 0 aromatic heterocycles. The van der Waals surface area contributed by atoms with Gasteiger partial charge in [-0.25, -0.2) is 0 Å². The Morgan fingerprint density at radius 1 is 1.41 bits per heavy atom. The van der Waals surface area contributed by atoms with E-state index in [0.717, 1.165) is 25.2 Å². The third-order valence-corrected chi connectivity index (χ3v) is 3.43. The van der Waals surface area contributed by atoms with E-state index in [-0.39, 0.29) is 5.78 Å². The van der Waals surface area contributed by atoms with Gasteiger partial charge in [0.1, 0.15) is 0 Å². The summed E-state index contributed by atoms with van der Waals surface area (Å²) in [6, 6.07) is 5.53. The number of hydrogen-bond donors (Lipinski definition) is 0. The van der Waals surface area contributed by atoms with Gasteiger partial charge in [0.25, 0.3) is 0 Å². The molecule has 0 fully saturated rings. The Morgan fingerprint density at radius 3 is 2.71 bits per heavy atom. The van der Waals surface area contributed by atoms with Crippen molar-refractivity contribution in [2.75, 3.05) is 18.0 Å². The van der Waals surface area contributed by atoms with Crippen LogP contribution in [0.25, 0.3) is 0 Å². The summed E-state index contributed by atoms with van der Waals surface area (Å²) in [6.07, 6.45) is 3.30. The minimum Gasteiger partial charge on any atom is -0.366 e. The number of carbonyl (C=O) groups excluding carboxylic acids is 1. The number of ketones is 1. The summed E-state index contributed by atoms with van der Waals surface area (Å²) in [4.78, 5) is 13.5. The smallest absolute Gasteiger partial charge is 0.159 e. The molecule has 0 saturated carbocycles. The van der Waals surface area contributed by atoms with E-state index in [1.165, 1.54) is 5.57 Å². The molecule has 0 radical (unpaired) electrons. The maximum atomic E-state index is 11.2. The van der Waals surface area contributed by atoms with Crippen LogP contribution in [0.1, 0.15) is 30.6 Å². The predicted octanol–water partition coefficient (Wildman–Crippen LogP) is 3.70. The maximum Gasteiger partial charge on any atom is 0.159 e. The van der Waals surface area contributed by atoms with Crippen LogP contribution in [0, 0.1) is 0 Å². The molecule has 2 rings (SSSR count). The molecule has 0 saturated heterocycles. The summed E-state index contributed by atoms with van der Waals surface area (Å²) in [5.41, 5.74) is 3.11. The number of anilines is 1. The molecule has 2 nitrogen and oxygen atoms in total. The minimum atomic E-state index is 0.0489. The molecule has 17 heavy (non-hydrogen) atoms. The fourth-order valence-electron chi connectivity index (χ4n) is 1.97. The Kier molecular flexibility index (Phi) is 3.53. The molecule has 0 amide bonds. The summed E-state index contributed by atoms with van der Waals surface area (Å²) in [5.74, 6) is 0.0489. The molecular formula is C14H16ClNO. The highest BCUT2D eigenvalue weighted by atomic mass is 35.5. The predicted molar refractivity (Wildman–Crippen MR) is 72.0 cm³/mol. The fourth-order valence-corrected chi connectivity index (χ4v) is 2.27. The van der Waals surface area contributed by atoms with Gasteiger partial charge < -0.3 is 4.90 Å². The van der Waals surface area contributed by atoms with Crippen LogP contribution < -0.4 is 4.90 Å². The van der Waals surface area contributed by atoms with Gasteiger partial charge in [-0.1, -0.05) is 23.3 Å². The number of carbonyl (C=O) groups is 1. The second-order valence-electron chi connectivity index (χ2n) is 4.47. The molecule has 0 bridgehead atoms. The van der Waals surface area contributed by atoms with Crippen molar-refractivity contribution >= 4 is 23.1 Å². The van der Waals surface area contributed by atoms with Crippen molar-refractivity contribution in [3.05, 3.63) is 40.4 Å². The van der Waals surface area contributed by atoms with Gasteiger partial charge in [0.15, 0.2) is 5.78 Å². The standard InChI is InChI=1S/C14H16ClNO/c1-10-5-7-16(8-6-10)14-4-3-12(11(2)17)9-13(14)15/h3-5,9H,6-8H2,1-2H3. The van der Waals surface area contributed by atoms with E-state index in [2.05, 4.69) is 17.9 Å². The molecule has 1 aliphatic rings. The zero-order chi connectivity index (χ0) is 12.4. The van der Waals surface area contributed by atoms with Crippen molar-refractivity contribution < 1.29 is 4.79 Å².